The Labute approximate surface area is 128 Å². The number of nitrogens with zero attached hydrogens (tertiary/aromatic N) is 1. The number of nitrogens with two attached hydrogens (primary N) is 1. The van der Waals surface area contributed by atoms with Crippen molar-refractivity contribution in [1.82, 2.24) is 4.90 Å². The summed E-state index contributed by atoms with van der Waals surface area (Å²) in [5, 5.41) is 0.707. The van der Waals surface area contributed by atoms with Gasteiger partial charge in [0.2, 0.25) is 0 Å². The lowest BCUT2D eigenvalue weighted by molar-refractivity contribution is 0.230. The minimum atomic E-state index is 0.288. The van der Waals surface area contributed by atoms with Crippen molar-refractivity contribution in [3.63, 3.8) is 0 Å². The van der Waals surface area contributed by atoms with E-state index in [1.54, 1.807) is 0 Å². The van der Waals surface area contributed by atoms with Crippen LogP contribution in [0.25, 0.3) is 0 Å². The molecule has 0 aromatic heterocycles. The molecule has 1 aliphatic rings. The second kappa shape index (κ2) is 6.93. The average Bonchev–Trinajstić information content (AvgIpc) is 2.81. The number of ether oxygens (including phenoxy) is 1. The van der Waals surface area contributed by atoms with Gasteiger partial charge in [-0.25, -0.2) is 0 Å². The normalized spacial score (nSPS) is 21.6. The molecule has 106 valence electrons. The summed E-state index contributed by atoms with van der Waals surface area (Å²) in [6.45, 7) is 5.93. The fraction of sp³-hybridized carbons (Fsp3) is 0.571. The smallest absolute Gasteiger partial charge is 0.133 e. The standard InChI is InChI=1S/C14H20BrClN2O/c1-10(17)11-4-5-18(9-11)6-7-19-14-3-2-12(16)8-13(14)15/h2-3,8,10-11H,4-7,9,17H2,1H3. The third kappa shape index (κ3) is 4.35. The number of hydrogen-bond donors (Lipinski definition) is 1. The highest BCUT2D eigenvalue weighted by Crippen LogP contribution is 2.28. The molecule has 0 bridgehead atoms. The van der Waals surface area contributed by atoms with Crippen molar-refractivity contribution in [1.29, 1.82) is 0 Å². The van der Waals surface area contributed by atoms with E-state index in [9.17, 15) is 0 Å². The van der Waals surface area contributed by atoms with Gasteiger partial charge in [-0.1, -0.05) is 11.6 Å². The van der Waals surface area contributed by atoms with E-state index in [0.29, 0.717) is 17.5 Å². The molecule has 2 unspecified atom stereocenters. The summed E-state index contributed by atoms with van der Waals surface area (Å²) in [7, 11) is 0. The van der Waals surface area contributed by atoms with Crippen molar-refractivity contribution in [2.75, 3.05) is 26.2 Å². The van der Waals surface area contributed by atoms with Gasteiger partial charge in [-0.2, -0.15) is 0 Å². The fourth-order valence-electron chi connectivity index (χ4n) is 2.37. The van der Waals surface area contributed by atoms with E-state index in [1.807, 2.05) is 18.2 Å². The van der Waals surface area contributed by atoms with E-state index < -0.39 is 0 Å². The molecule has 2 atom stereocenters. The summed E-state index contributed by atoms with van der Waals surface area (Å²) in [4.78, 5) is 2.41. The van der Waals surface area contributed by atoms with Crippen LogP contribution in [0.2, 0.25) is 5.02 Å². The van der Waals surface area contributed by atoms with E-state index >= 15 is 0 Å². The summed E-state index contributed by atoms with van der Waals surface area (Å²) in [5.74, 6) is 1.47. The molecular weight excluding hydrogens is 328 g/mol. The average molecular weight is 348 g/mol. The number of benzene rings is 1. The number of hydrogen-bond acceptors (Lipinski definition) is 3. The van der Waals surface area contributed by atoms with Crippen LogP contribution in [0.5, 0.6) is 5.75 Å². The molecule has 1 heterocycles. The largest absolute Gasteiger partial charge is 0.491 e. The minimum absolute atomic E-state index is 0.288. The maximum Gasteiger partial charge on any atom is 0.133 e. The zero-order chi connectivity index (χ0) is 13.8. The highest BCUT2D eigenvalue weighted by molar-refractivity contribution is 9.10. The van der Waals surface area contributed by atoms with Gasteiger partial charge in [0.25, 0.3) is 0 Å². The number of likely N-dealkylation sites (tertiary alicyclic amines) is 1. The van der Waals surface area contributed by atoms with Crippen LogP contribution in [0.15, 0.2) is 22.7 Å². The zero-order valence-corrected chi connectivity index (χ0v) is 13.5. The lowest BCUT2D eigenvalue weighted by Crippen LogP contribution is -2.31. The van der Waals surface area contributed by atoms with Gasteiger partial charge in [0.05, 0.1) is 4.47 Å². The van der Waals surface area contributed by atoms with Gasteiger partial charge in [0, 0.05) is 24.2 Å². The Kier molecular flexibility index (Phi) is 5.51. The molecule has 1 saturated heterocycles. The molecule has 19 heavy (non-hydrogen) atoms. The Morgan fingerprint density at radius 3 is 3.00 bits per heavy atom. The highest BCUT2D eigenvalue weighted by atomic mass is 79.9. The SMILES string of the molecule is CC(N)C1CCN(CCOc2ccc(Cl)cc2Br)C1. The number of rotatable bonds is 5. The lowest BCUT2D eigenvalue weighted by Gasteiger charge is -2.18. The van der Waals surface area contributed by atoms with Crippen LogP contribution in [0.1, 0.15) is 13.3 Å². The second-order valence-electron chi connectivity index (χ2n) is 5.13. The molecule has 1 fully saturated rings. The van der Waals surface area contributed by atoms with Crippen LogP contribution in [0.3, 0.4) is 0 Å². The predicted octanol–water partition coefficient (Wildman–Crippen LogP) is 3.15. The number of halogens is 2. The first-order chi connectivity index (χ1) is 9.06. The molecule has 5 heteroatoms. The van der Waals surface area contributed by atoms with Crippen molar-refractivity contribution in [2.24, 2.45) is 11.7 Å². The van der Waals surface area contributed by atoms with Gasteiger partial charge in [0.1, 0.15) is 12.4 Å². The van der Waals surface area contributed by atoms with E-state index in [1.165, 1.54) is 6.42 Å². The minimum Gasteiger partial charge on any atom is -0.491 e. The zero-order valence-electron chi connectivity index (χ0n) is 11.1. The molecule has 1 aromatic rings. The van der Waals surface area contributed by atoms with Crippen LogP contribution in [0.4, 0.5) is 0 Å². The maximum absolute atomic E-state index is 5.94. The summed E-state index contributed by atoms with van der Waals surface area (Å²) in [6, 6.07) is 5.86. The highest BCUT2D eigenvalue weighted by Gasteiger charge is 2.24. The third-order valence-electron chi connectivity index (χ3n) is 3.61. The van der Waals surface area contributed by atoms with Gasteiger partial charge in [0.15, 0.2) is 0 Å². The Bertz CT molecular complexity index is 428. The molecule has 2 N–H and O–H groups in total. The quantitative estimate of drug-likeness (QED) is 0.889. The van der Waals surface area contributed by atoms with Gasteiger partial charge < -0.3 is 10.5 Å². The first kappa shape index (κ1) is 15.1. The monoisotopic (exact) mass is 346 g/mol. The molecule has 2 rings (SSSR count). The van der Waals surface area contributed by atoms with Crippen molar-refractivity contribution in [2.45, 2.75) is 19.4 Å². The van der Waals surface area contributed by atoms with Crippen molar-refractivity contribution in [3.05, 3.63) is 27.7 Å². The molecule has 0 amide bonds. The van der Waals surface area contributed by atoms with Crippen molar-refractivity contribution >= 4 is 27.5 Å². The summed E-state index contributed by atoms with van der Waals surface area (Å²) in [6.07, 6.45) is 1.20. The lowest BCUT2D eigenvalue weighted by atomic mass is 10.0. The van der Waals surface area contributed by atoms with Crippen molar-refractivity contribution < 1.29 is 4.74 Å². The summed E-state index contributed by atoms with van der Waals surface area (Å²) in [5.41, 5.74) is 5.94. The first-order valence-corrected chi connectivity index (χ1v) is 7.79. The second-order valence-corrected chi connectivity index (χ2v) is 6.42. The van der Waals surface area contributed by atoms with Crippen LogP contribution < -0.4 is 10.5 Å². The molecule has 0 saturated carbocycles. The third-order valence-corrected chi connectivity index (χ3v) is 4.47. The Hall–Kier alpha value is -0.290. The molecule has 1 aromatic carbocycles. The molecule has 0 spiro atoms. The van der Waals surface area contributed by atoms with E-state index in [-0.39, 0.29) is 6.04 Å². The fourth-order valence-corrected chi connectivity index (χ4v) is 3.17. The van der Waals surface area contributed by atoms with Crippen LogP contribution in [0, 0.1) is 5.92 Å². The van der Waals surface area contributed by atoms with Crippen molar-refractivity contribution in [3.8, 4) is 5.75 Å². The molecule has 3 nitrogen and oxygen atoms in total. The predicted molar refractivity (Wildman–Crippen MR) is 82.8 cm³/mol. The first-order valence-electron chi connectivity index (χ1n) is 6.62. The Balaban J connectivity index is 1.75. The maximum atomic E-state index is 5.94. The molecule has 0 aliphatic carbocycles. The van der Waals surface area contributed by atoms with E-state index in [0.717, 1.165) is 29.9 Å². The van der Waals surface area contributed by atoms with Gasteiger partial charge in [-0.05, 0) is 59.9 Å². The van der Waals surface area contributed by atoms with Gasteiger partial charge in [-0.15, -0.1) is 0 Å². The van der Waals surface area contributed by atoms with Crippen LogP contribution in [-0.2, 0) is 0 Å². The molecule has 1 aliphatic heterocycles. The van der Waals surface area contributed by atoms with E-state index in [4.69, 9.17) is 22.1 Å². The van der Waals surface area contributed by atoms with Gasteiger partial charge in [-0.3, -0.25) is 4.90 Å². The van der Waals surface area contributed by atoms with Crippen LogP contribution >= 0.6 is 27.5 Å². The topological polar surface area (TPSA) is 38.5 Å². The molecule has 0 radical (unpaired) electrons. The Morgan fingerprint density at radius 2 is 2.37 bits per heavy atom. The summed E-state index contributed by atoms with van der Waals surface area (Å²) >= 11 is 9.34. The van der Waals surface area contributed by atoms with Gasteiger partial charge >= 0.3 is 0 Å². The summed E-state index contributed by atoms with van der Waals surface area (Å²) < 4.78 is 6.67. The van der Waals surface area contributed by atoms with E-state index in [2.05, 4.69) is 27.8 Å². The Morgan fingerprint density at radius 1 is 1.58 bits per heavy atom. The van der Waals surface area contributed by atoms with Crippen LogP contribution in [-0.4, -0.2) is 37.2 Å². The molecular formula is C14H20BrClN2O.